The van der Waals surface area contributed by atoms with Crippen LogP contribution < -0.4 is 0 Å². The van der Waals surface area contributed by atoms with E-state index in [2.05, 4.69) is 25.9 Å². The molecule has 0 amide bonds. The maximum atomic E-state index is 10.5. The van der Waals surface area contributed by atoms with Crippen LogP contribution in [0.1, 0.15) is 6.42 Å². The smallest absolute Gasteiger partial charge is 0.438 e. The Morgan fingerprint density at radius 2 is 1.92 bits per heavy atom. The monoisotopic (exact) mass is 176 g/mol. The second-order valence-corrected chi connectivity index (χ2v) is 3.67. The number of hydrogen-bond donors (Lipinski definition) is 0. The van der Waals surface area contributed by atoms with Crippen LogP contribution in [0.15, 0.2) is 0 Å². The standard InChI is InChI=1S/C8H18NO3/c1-9(2,3)6-5-7-12-8(10)11-4/h5-7H2,1-4H3/q+1. The lowest BCUT2D eigenvalue weighted by atomic mass is 10.4. The normalized spacial score (nSPS) is 11.0. The van der Waals surface area contributed by atoms with Crippen molar-refractivity contribution in [3.05, 3.63) is 0 Å². The molecule has 0 aromatic rings. The first kappa shape index (κ1) is 11.2. The number of hydrogen-bond acceptors (Lipinski definition) is 3. The van der Waals surface area contributed by atoms with Crippen LogP contribution in [0.3, 0.4) is 0 Å². The van der Waals surface area contributed by atoms with E-state index in [9.17, 15) is 4.79 Å². The van der Waals surface area contributed by atoms with Crippen molar-refractivity contribution >= 4 is 6.16 Å². The lowest BCUT2D eigenvalue weighted by molar-refractivity contribution is -0.870. The number of carbonyl (C=O) groups is 1. The first-order valence-corrected chi connectivity index (χ1v) is 3.97. The molecule has 0 radical (unpaired) electrons. The maximum absolute atomic E-state index is 10.5. The van der Waals surface area contributed by atoms with Crippen molar-refractivity contribution in [2.24, 2.45) is 0 Å². The van der Waals surface area contributed by atoms with Crippen molar-refractivity contribution in [3.63, 3.8) is 0 Å². The molecule has 0 spiro atoms. The molecule has 0 fully saturated rings. The molecule has 0 saturated heterocycles. The number of rotatable bonds is 4. The van der Waals surface area contributed by atoms with Crippen molar-refractivity contribution in [1.82, 2.24) is 0 Å². The van der Waals surface area contributed by atoms with Crippen LogP contribution in [0.5, 0.6) is 0 Å². The van der Waals surface area contributed by atoms with Gasteiger partial charge in [-0.25, -0.2) is 4.79 Å². The molecule has 4 nitrogen and oxygen atoms in total. The Morgan fingerprint density at radius 3 is 2.33 bits per heavy atom. The molecule has 0 atom stereocenters. The second kappa shape index (κ2) is 4.98. The largest absolute Gasteiger partial charge is 0.507 e. The topological polar surface area (TPSA) is 35.5 Å². The summed E-state index contributed by atoms with van der Waals surface area (Å²) >= 11 is 0. The molecule has 0 unspecified atom stereocenters. The molecule has 0 aliphatic rings. The summed E-state index contributed by atoms with van der Waals surface area (Å²) in [5, 5.41) is 0. The minimum absolute atomic E-state index is 0.433. The molecule has 0 aromatic carbocycles. The summed E-state index contributed by atoms with van der Waals surface area (Å²) in [5.41, 5.74) is 0. The van der Waals surface area contributed by atoms with E-state index in [0.717, 1.165) is 17.4 Å². The summed E-state index contributed by atoms with van der Waals surface area (Å²) in [7, 11) is 7.59. The summed E-state index contributed by atoms with van der Waals surface area (Å²) in [6, 6.07) is 0. The fraction of sp³-hybridized carbons (Fsp3) is 0.875. The highest BCUT2D eigenvalue weighted by Gasteiger charge is 2.07. The van der Waals surface area contributed by atoms with Gasteiger partial charge < -0.3 is 14.0 Å². The fourth-order valence-electron chi connectivity index (χ4n) is 0.753. The van der Waals surface area contributed by atoms with E-state index in [1.54, 1.807) is 0 Å². The van der Waals surface area contributed by atoms with Gasteiger partial charge in [0.15, 0.2) is 0 Å². The third-order valence-electron chi connectivity index (χ3n) is 1.36. The van der Waals surface area contributed by atoms with Crippen LogP contribution in [0.4, 0.5) is 4.79 Å². The molecular weight excluding hydrogens is 158 g/mol. The van der Waals surface area contributed by atoms with Crippen molar-refractivity contribution in [3.8, 4) is 0 Å². The van der Waals surface area contributed by atoms with Gasteiger partial charge in [0.1, 0.15) is 6.61 Å². The average molecular weight is 176 g/mol. The van der Waals surface area contributed by atoms with Gasteiger partial charge in [0.2, 0.25) is 0 Å². The molecule has 72 valence electrons. The van der Waals surface area contributed by atoms with Crippen molar-refractivity contribution < 1.29 is 18.8 Å². The molecule has 0 saturated carbocycles. The number of quaternary nitrogens is 1. The first-order chi connectivity index (χ1) is 5.45. The Labute approximate surface area is 73.7 Å². The van der Waals surface area contributed by atoms with Crippen LogP contribution in [0.2, 0.25) is 0 Å². The van der Waals surface area contributed by atoms with E-state index in [-0.39, 0.29) is 0 Å². The van der Waals surface area contributed by atoms with Gasteiger partial charge in [0.05, 0.1) is 34.8 Å². The second-order valence-electron chi connectivity index (χ2n) is 3.67. The van der Waals surface area contributed by atoms with E-state index in [1.165, 1.54) is 7.11 Å². The van der Waals surface area contributed by atoms with Crippen LogP contribution in [0, 0.1) is 0 Å². The maximum Gasteiger partial charge on any atom is 0.507 e. The van der Waals surface area contributed by atoms with Crippen LogP contribution >= 0.6 is 0 Å². The van der Waals surface area contributed by atoms with Crippen LogP contribution in [-0.4, -0.2) is 52.0 Å². The van der Waals surface area contributed by atoms with E-state index in [4.69, 9.17) is 4.74 Å². The lowest BCUT2D eigenvalue weighted by Gasteiger charge is -2.23. The van der Waals surface area contributed by atoms with E-state index < -0.39 is 6.16 Å². The zero-order chi connectivity index (χ0) is 9.61. The molecule has 0 aliphatic heterocycles. The summed E-state index contributed by atoms with van der Waals surface area (Å²) in [4.78, 5) is 10.5. The fourth-order valence-corrected chi connectivity index (χ4v) is 0.753. The van der Waals surface area contributed by atoms with Crippen molar-refractivity contribution in [1.29, 1.82) is 0 Å². The Kier molecular flexibility index (Phi) is 4.66. The minimum Gasteiger partial charge on any atom is -0.438 e. The predicted octanol–water partition coefficient (Wildman–Crippen LogP) is 0.866. The minimum atomic E-state index is -0.601. The molecule has 12 heavy (non-hydrogen) atoms. The van der Waals surface area contributed by atoms with Gasteiger partial charge >= 0.3 is 6.16 Å². The average Bonchev–Trinajstić information content (AvgIpc) is 1.96. The molecule has 4 heteroatoms. The zero-order valence-corrected chi connectivity index (χ0v) is 8.29. The highest BCUT2D eigenvalue weighted by atomic mass is 16.7. The predicted molar refractivity (Wildman–Crippen MR) is 45.9 cm³/mol. The van der Waals surface area contributed by atoms with Gasteiger partial charge in [0, 0.05) is 6.42 Å². The van der Waals surface area contributed by atoms with Gasteiger partial charge in [0.25, 0.3) is 0 Å². The van der Waals surface area contributed by atoms with Gasteiger partial charge in [-0.15, -0.1) is 0 Å². The first-order valence-electron chi connectivity index (χ1n) is 3.97. The summed E-state index contributed by atoms with van der Waals surface area (Å²) in [6.07, 6.45) is 0.259. The Morgan fingerprint density at radius 1 is 1.33 bits per heavy atom. The van der Waals surface area contributed by atoms with Gasteiger partial charge in [-0.05, 0) is 0 Å². The third-order valence-corrected chi connectivity index (χ3v) is 1.36. The Bertz CT molecular complexity index is 140. The van der Waals surface area contributed by atoms with Gasteiger partial charge in [-0.3, -0.25) is 0 Å². The molecule has 0 heterocycles. The van der Waals surface area contributed by atoms with Crippen molar-refractivity contribution in [2.75, 3.05) is 41.4 Å². The lowest BCUT2D eigenvalue weighted by Crippen LogP contribution is -2.35. The van der Waals surface area contributed by atoms with E-state index in [0.29, 0.717) is 6.61 Å². The molecule has 0 aliphatic carbocycles. The number of carbonyl (C=O) groups excluding carboxylic acids is 1. The summed E-state index contributed by atoms with van der Waals surface area (Å²) in [5.74, 6) is 0. The Balaban J connectivity index is 3.28. The van der Waals surface area contributed by atoms with E-state index in [1.807, 2.05) is 0 Å². The quantitative estimate of drug-likeness (QED) is 0.362. The van der Waals surface area contributed by atoms with Gasteiger partial charge in [-0.2, -0.15) is 0 Å². The molecule has 0 N–H and O–H groups in total. The molecule has 0 aromatic heterocycles. The number of nitrogens with zero attached hydrogens (tertiary/aromatic N) is 1. The number of methoxy groups -OCH3 is 1. The highest BCUT2D eigenvalue weighted by molar-refractivity contribution is 5.59. The zero-order valence-electron chi connectivity index (χ0n) is 8.29. The van der Waals surface area contributed by atoms with Crippen molar-refractivity contribution in [2.45, 2.75) is 6.42 Å². The SMILES string of the molecule is COC(=O)OCCC[N+](C)(C)C. The molecular formula is C8H18NO3+. The Hall–Kier alpha value is -0.770. The van der Waals surface area contributed by atoms with E-state index >= 15 is 0 Å². The van der Waals surface area contributed by atoms with Crippen LogP contribution in [-0.2, 0) is 9.47 Å². The highest BCUT2D eigenvalue weighted by Crippen LogP contribution is 1.94. The number of ether oxygens (including phenoxy) is 2. The van der Waals surface area contributed by atoms with Crippen LogP contribution in [0.25, 0.3) is 0 Å². The van der Waals surface area contributed by atoms with Gasteiger partial charge in [-0.1, -0.05) is 0 Å². The third kappa shape index (κ3) is 7.34. The molecule has 0 rings (SSSR count). The summed E-state index contributed by atoms with van der Waals surface area (Å²) < 4.78 is 9.91. The molecule has 0 bridgehead atoms. The summed E-state index contributed by atoms with van der Waals surface area (Å²) in [6.45, 7) is 1.42.